The largest absolute Gasteiger partial charge is 0.508 e. The monoisotopic (exact) mass is 724 g/mol. The lowest BCUT2D eigenvalue weighted by Gasteiger charge is -2.36. The van der Waals surface area contributed by atoms with Gasteiger partial charge in [0.05, 0.1) is 23.7 Å². The molecule has 9 nitrogen and oxygen atoms in total. The van der Waals surface area contributed by atoms with E-state index in [1.54, 1.807) is 54.2 Å². The number of anilines is 1. The Kier molecular flexibility index (Phi) is 11.9. The fraction of sp³-hybridized carbons (Fsp3) is 0.225. The maximum absolute atomic E-state index is 13.8. The second-order valence-electron chi connectivity index (χ2n) is 12.4. The Morgan fingerprint density at radius 1 is 0.843 bits per heavy atom. The average Bonchev–Trinajstić information content (AvgIpc) is 3.15. The molecule has 5 aromatic carbocycles. The molecule has 0 spiro atoms. The topological polar surface area (TPSA) is 134 Å². The molecule has 0 bridgehead atoms. The summed E-state index contributed by atoms with van der Waals surface area (Å²) in [5.74, 6) is 0.325. The minimum Gasteiger partial charge on any atom is -0.508 e. The molecule has 1 aliphatic heterocycles. The van der Waals surface area contributed by atoms with Crippen LogP contribution < -0.4 is 10.0 Å². The second kappa shape index (κ2) is 16.7. The van der Waals surface area contributed by atoms with Crippen LogP contribution in [0.4, 0.5) is 5.69 Å². The lowest BCUT2D eigenvalue weighted by molar-refractivity contribution is -0.245. The van der Waals surface area contributed by atoms with Gasteiger partial charge in [-0.3, -0.25) is 4.79 Å². The molecule has 4 N–H and O–H groups in total. The third-order valence-electron chi connectivity index (χ3n) is 8.54. The van der Waals surface area contributed by atoms with Crippen LogP contribution in [0.15, 0.2) is 137 Å². The summed E-state index contributed by atoms with van der Waals surface area (Å²) >= 11 is 1.62. The van der Waals surface area contributed by atoms with Crippen molar-refractivity contribution in [3.63, 3.8) is 0 Å². The first kappa shape index (κ1) is 36.3. The first-order valence-corrected chi connectivity index (χ1v) is 19.1. The van der Waals surface area contributed by atoms with Crippen molar-refractivity contribution >= 4 is 33.4 Å². The third kappa shape index (κ3) is 9.85. The molecule has 1 aliphatic rings. The number of carbonyl (C=O) groups excluding carboxylic acids is 1. The Morgan fingerprint density at radius 3 is 2.27 bits per heavy atom. The number of aliphatic hydroxyl groups excluding tert-OH is 1. The zero-order chi connectivity index (χ0) is 35.8. The van der Waals surface area contributed by atoms with E-state index in [9.17, 15) is 23.4 Å². The van der Waals surface area contributed by atoms with E-state index in [2.05, 4.69) is 10.0 Å². The van der Waals surface area contributed by atoms with Gasteiger partial charge in [0.1, 0.15) is 11.8 Å². The van der Waals surface area contributed by atoms with Gasteiger partial charge in [-0.2, -0.15) is 4.72 Å². The molecule has 0 aromatic heterocycles. The molecule has 0 radical (unpaired) electrons. The van der Waals surface area contributed by atoms with E-state index in [0.717, 1.165) is 27.1 Å². The van der Waals surface area contributed by atoms with Gasteiger partial charge >= 0.3 is 0 Å². The van der Waals surface area contributed by atoms with Gasteiger partial charge in [0.2, 0.25) is 15.9 Å². The Balaban J connectivity index is 1.22. The summed E-state index contributed by atoms with van der Waals surface area (Å²) in [5, 5.41) is 22.2. The quantitative estimate of drug-likeness (QED) is 0.0950. The zero-order valence-corrected chi connectivity index (χ0v) is 29.6. The van der Waals surface area contributed by atoms with Gasteiger partial charge in [-0.05, 0) is 78.6 Å². The Bertz CT molecular complexity index is 2010. The fourth-order valence-electron chi connectivity index (χ4n) is 5.76. The van der Waals surface area contributed by atoms with Gasteiger partial charge in [-0.1, -0.05) is 84.4 Å². The van der Waals surface area contributed by atoms with Crippen molar-refractivity contribution in [1.29, 1.82) is 0 Å². The molecule has 1 saturated heterocycles. The number of carbonyl (C=O) groups is 1. The van der Waals surface area contributed by atoms with Crippen molar-refractivity contribution < 1.29 is 32.9 Å². The molecule has 1 fully saturated rings. The maximum Gasteiger partial charge on any atom is 0.242 e. The van der Waals surface area contributed by atoms with Crippen LogP contribution in [0.2, 0.25) is 0 Å². The second-order valence-corrected chi connectivity index (χ2v) is 15.3. The number of hydrogen-bond donors (Lipinski definition) is 4. The SMILES string of the molecule is Cc1ccc(S(=O)(=O)N[C@H](Cc2ccccc2)C(=O)Nc2cccc(C3O[C@H](CSc4ccc(O)cc4)C[C@H](c4ccc(CO)cc4)O3)c2)cc1. The first-order chi connectivity index (χ1) is 24.6. The fourth-order valence-corrected chi connectivity index (χ4v) is 7.87. The van der Waals surface area contributed by atoms with Crippen molar-refractivity contribution in [2.75, 3.05) is 11.1 Å². The highest BCUT2D eigenvalue weighted by molar-refractivity contribution is 7.99. The summed E-state index contributed by atoms with van der Waals surface area (Å²) in [6.07, 6.45) is -0.521. The number of ether oxygens (including phenoxy) is 2. The molecule has 4 atom stereocenters. The van der Waals surface area contributed by atoms with Crippen molar-refractivity contribution in [3.05, 3.63) is 155 Å². The lowest BCUT2D eigenvalue weighted by Crippen LogP contribution is -2.45. The van der Waals surface area contributed by atoms with Crippen LogP contribution in [0, 0.1) is 6.92 Å². The van der Waals surface area contributed by atoms with Crippen molar-refractivity contribution in [1.82, 2.24) is 4.72 Å². The van der Waals surface area contributed by atoms with Gasteiger partial charge in [0.25, 0.3) is 0 Å². The highest BCUT2D eigenvalue weighted by atomic mass is 32.2. The Hall–Kier alpha value is -4.49. The lowest BCUT2D eigenvalue weighted by atomic mass is 10.0. The first-order valence-electron chi connectivity index (χ1n) is 16.6. The molecule has 51 heavy (non-hydrogen) atoms. The molecule has 5 aromatic rings. The van der Waals surface area contributed by atoms with E-state index in [1.807, 2.05) is 79.7 Å². The summed E-state index contributed by atoms with van der Waals surface area (Å²) in [7, 11) is -4.01. The van der Waals surface area contributed by atoms with E-state index >= 15 is 0 Å². The summed E-state index contributed by atoms with van der Waals surface area (Å²) in [5.41, 5.74) is 4.62. The number of hydrogen-bond acceptors (Lipinski definition) is 8. The number of phenols is 1. The molecule has 0 saturated carbocycles. The summed E-state index contributed by atoms with van der Waals surface area (Å²) in [6.45, 7) is 1.82. The van der Waals surface area contributed by atoms with E-state index < -0.39 is 28.3 Å². The standard InChI is InChI=1S/C40H40N2O7S2/c1-27-10-20-36(21-11-27)51(46,47)42-37(22-28-6-3-2-4-7-28)39(45)41-32-9-5-8-31(23-32)40-48-34(26-50-35-18-16-33(44)17-19-35)24-38(49-40)30-14-12-29(25-43)13-15-30/h2-21,23,34,37-38,40,42-44H,22,24-26H2,1H3,(H,41,45)/t34-,37+,38+,40?/m0/s1. The van der Waals surface area contributed by atoms with Gasteiger partial charge in [0, 0.05) is 28.3 Å². The van der Waals surface area contributed by atoms with E-state index in [4.69, 9.17) is 9.47 Å². The number of rotatable bonds is 13. The van der Waals surface area contributed by atoms with E-state index in [-0.39, 0.29) is 35.9 Å². The van der Waals surface area contributed by atoms with Crippen LogP contribution in [0.3, 0.4) is 0 Å². The number of nitrogens with one attached hydrogen (secondary N) is 2. The van der Waals surface area contributed by atoms with Gasteiger partial charge < -0.3 is 25.0 Å². The van der Waals surface area contributed by atoms with Gasteiger partial charge in [-0.25, -0.2) is 8.42 Å². The molecule has 11 heteroatoms. The van der Waals surface area contributed by atoms with Crippen molar-refractivity contribution in [3.8, 4) is 5.75 Å². The number of aliphatic hydroxyl groups is 1. The van der Waals surface area contributed by atoms with Crippen LogP contribution in [0.1, 0.15) is 46.6 Å². The maximum atomic E-state index is 13.8. The van der Waals surface area contributed by atoms with Crippen LogP contribution in [0.25, 0.3) is 0 Å². The average molecular weight is 725 g/mol. The van der Waals surface area contributed by atoms with Crippen LogP contribution in [-0.2, 0) is 37.3 Å². The summed E-state index contributed by atoms with van der Waals surface area (Å²) in [4.78, 5) is 14.9. The van der Waals surface area contributed by atoms with Gasteiger partial charge in [0.15, 0.2) is 6.29 Å². The minimum absolute atomic E-state index is 0.0540. The molecule has 1 amide bonds. The third-order valence-corrected chi connectivity index (χ3v) is 11.2. The molecule has 1 heterocycles. The minimum atomic E-state index is -4.01. The molecule has 1 unspecified atom stereocenters. The number of thioether (sulfide) groups is 1. The Morgan fingerprint density at radius 2 is 1.57 bits per heavy atom. The summed E-state index contributed by atoms with van der Waals surface area (Å²) < 4.78 is 42.4. The smallest absolute Gasteiger partial charge is 0.242 e. The number of phenolic OH excluding ortho intramolecular Hbond substituents is 1. The normalized spacial score (nSPS) is 18.2. The molecular formula is C40H40N2O7S2. The van der Waals surface area contributed by atoms with E-state index in [0.29, 0.717) is 23.4 Å². The Labute approximate surface area is 302 Å². The number of amides is 1. The molecular weight excluding hydrogens is 685 g/mol. The molecule has 0 aliphatic carbocycles. The van der Waals surface area contributed by atoms with E-state index in [1.165, 1.54) is 12.1 Å². The van der Waals surface area contributed by atoms with Crippen LogP contribution in [0.5, 0.6) is 5.75 Å². The predicted molar refractivity (Wildman–Crippen MR) is 198 cm³/mol. The number of sulfonamides is 1. The van der Waals surface area contributed by atoms with Crippen LogP contribution in [-0.4, -0.2) is 42.4 Å². The number of aromatic hydroxyl groups is 1. The van der Waals surface area contributed by atoms with Crippen molar-refractivity contribution in [2.24, 2.45) is 0 Å². The number of benzene rings is 5. The summed E-state index contributed by atoms with van der Waals surface area (Å²) in [6, 6.07) is 36.5. The molecule has 264 valence electrons. The highest BCUT2D eigenvalue weighted by Crippen LogP contribution is 2.40. The zero-order valence-electron chi connectivity index (χ0n) is 28.0. The van der Waals surface area contributed by atoms with Gasteiger partial charge in [-0.15, -0.1) is 11.8 Å². The van der Waals surface area contributed by atoms with Crippen molar-refractivity contribution in [2.45, 2.75) is 60.7 Å². The molecule has 6 rings (SSSR count). The highest BCUT2D eigenvalue weighted by Gasteiger charge is 2.33. The number of aryl methyl sites for hydroxylation is 1. The predicted octanol–water partition coefficient (Wildman–Crippen LogP) is 7.06. The van der Waals surface area contributed by atoms with Crippen LogP contribution >= 0.6 is 11.8 Å².